The molecule has 0 aromatic heterocycles. The molecule has 0 atom stereocenters. The molecule has 2 rings (SSSR count). The number of Topliss-reactive ketones (excluding diaryl/α,β-unsaturated/α-hetero) is 1. The predicted octanol–water partition coefficient (Wildman–Crippen LogP) is 3.43. The lowest BCUT2D eigenvalue weighted by molar-refractivity contribution is 0.0951. The number of anilines is 1. The quantitative estimate of drug-likeness (QED) is 0.655. The zero-order chi connectivity index (χ0) is 13.0. The minimum Gasteiger partial charge on any atom is -0.495 e. The fraction of sp³-hybridized carbons (Fsp3) is 0.533. The minimum atomic E-state index is 0.151. The summed E-state index contributed by atoms with van der Waals surface area (Å²) in [5.74, 6) is 1.28. The number of carbonyl (C=O) groups excluding carboxylic acids is 1. The topological polar surface area (TPSA) is 52.3 Å². The van der Waals surface area contributed by atoms with Crippen molar-refractivity contribution in [1.82, 2.24) is 0 Å². The summed E-state index contributed by atoms with van der Waals surface area (Å²) < 4.78 is 5.15. The second-order valence-corrected chi connectivity index (χ2v) is 5.05. The molecular weight excluding hydrogens is 226 g/mol. The van der Waals surface area contributed by atoms with E-state index >= 15 is 0 Å². The van der Waals surface area contributed by atoms with Gasteiger partial charge in [-0.25, -0.2) is 0 Å². The van der Waals surface area contributed by atoms with E-state index in [0.717, 1.165) is 0 Å². The van der Waals surface area contributed by atoms with Crippen LogP contribution in [0.4, 0.5) is 5.69 Å². The number of hydrogen-bond acceptors (Lipinski definition) is 3. The molecule has 1 aromatic carbocycles. The molecule has 3 heteroatoms. The summed E-state index contributed by atoms with van der Waals surface area (Å²) in [6, 6.07) is 5.40. The van der Waals surface area contributed by atoms with Crippen LogP contribution in [0.2, 0.25) is 0 Å². The van der Waals surface area contributed by atoms with Crippen LogP contribution in [0, 0.1) is 5.92 Å². The van der Waals surface area contributed by atoms with Gasteiger partial charge in [0.15, 0.2) is 5.78 Å². The summed E-state index contributed by atoms with van der Waals surface area (Å²) >= 11 is 0. The van der Waals surface area contributed by atoms with Crippen LogP contribution in [-0.2, 0) is 0 Å². The lowest BCUT2D eigenvalue weighted by atomic mass is 9.84. The maximum absolute atomic E-state index is 12.3. The van der Waals surface area contributed by atoms with Crippen molar-refractivity contribution in [3.05, 3.63) is 23.8 Å². The molecule has 0 unspecified atom stereocenters. The van der Waals surface area contributed by atoms with E-state index in [1.807, 2.05) is 6.07 Å². The van der Waals surface area contributed by atoms with E-state index in [1.165, 1.54) is 32.1 Å². The first-order valence-corrected chi connectivity index (χ1v) is 6.68. The molecule has 1 fully saturated rings. The fourth-order valence-corrected chi connectivity index (χ4v) is 2.73. The van der Waals surface area contributed by atoms with Gasteiger partial charge in [0, 0.05) is 12.0 Å². The molecule has 98 valence electrons. The third-order valence-electron chi connectivity index (χ3n) is 3.79. The standard InChI is InChI=1S/C15H21NO2/c1-18-14-9-5-8-12(15(14)16)13(17)10-11-6-3-2-4-7-11/h5,8-9,11H,2-4,6-7,10,16H2,1H3. The SMILES string of the molecule is COc1cccc(C(=O)CC2CCCCC2)c1N. The van der Waals surface area contributed by atoms with Crippen LogP contribution in [0.15, 0.2) is 18.2 Å². The average molecular weight is 247 g/mol. The highest BCUT2D eigenvalue weighted by Gasteiger charge is 2.20. The van der Waals surface area contributed by atoms with Crippen LogP contribution in [0.3, 0.4) is 0 Å². The number of hydrogen-bond donors (Lipinski definition) is 1. The van der Waals surface area contributed by atoms with E-state index in [1.54, 1.807) is 19.2 Å². The van der Waals surface area contributed by atoms with Crippen molar-refractivity contribution in [1.29, 1.82) is 0 Å². The van der Waals surface area contributed by atoms with E-state index in [-0.39, 0.29) is 5.78 Å². The zero-order valence-corrected chi connectivity index (χ0v) is 10.9. The highest BCUT2D eigenvalue weighted by atomic mass is 16.5. The summed E-state index contributed by atoms with van der Waals surface area (Å²) in [6.07, 6.45) is 6.80. The molecule has 1 aliphatic rings. The first-order valence-electron chi connectivity index (χ1n) is 6.68. The van der Waals surface area contributed by atoms with Gasteiger partial charge in [0.1, 0.15) is 5.75 Å². The number of nitrogens with two attached hydrogens (primary N) is 1. The maximum atomic E-state index is 12.3. The average Bonchev–Trinajstić information content (AvgIpc) is 2.40. The molecule has 0 saturated heterocycles. The van der Waals surface area contributed by atoms with Gasteiger partial charge in [-0.05, 0) is 18.1 Å². The maximum Gasteiger partial charge on any atom is 0.165 e. The number of ketones is 1. The van der Waals surface area contributed by atoms with Gasteiger partial charge < -0.3 is 10.5 Å². The molecule has 0 aliphatic heterocycles. The Morgan fingerprint density at radius 2 is 2.06 bits per heavy atom. The number of ether oxygens (including phenoxy) is 1. The van der Waals surface area contributed by atoms with Gasteiger partial charge in [-0.1, -0.05) is 38.2 Å². The number of carbonyl (C=O) groups is 1. The fourth-order valence-electron chi connectivity index (χ4n) is 2.73. The first kappa shape index (κ1) is 12.9. The van der Waals surface area contributed by atoms with Gasteiger partial charge in [0.25, 0.3) is 0 Å². The molecular formula is C15H21NO2. The molecule has 1 aliphatic carbocycles. The zero-order valence-electron chi connectivity index (χ0n) is 10.9. The van der Waals surface area contributed by atoms with Crippen molar-refractivity contribution in [3.8, 4) is 5.75 Å². The van der Waals surface area contributed by atoms with Crippen LogP contribution in [0.1, 0.15) is 48.9 Å². The summed E-state index contributed by atoms with van der Waals surface area (Å²) in [5, 5.41) is 0. The molecule has 18 heavy (non-hydrogen) atoms. The van der Waals surface area contributed by atoms with Crippen LogP contribution < -0.4 is 10.5 Å². The van der Waals surface area contributed by atoms with E-state index in [2.05, 4.69) is 0 Å². The van der Waals surface area contributed by atoms with Crippen molar-refractivity contribution >= 4 is 11.5 Å². The van der Waals surface area contributed by atoms with Crippen molar-refractivity contribution in [2.75, 3.05) is 12.8 Å². The largest absolute Gasteiger partial charge is 0.495 e. The third-order valence-corrected chi connectivity index (χ3v) is 3.79. The third kappa shape index (κ3) is 2.84. The van der Waals surface area contributed by atoms with Gasteiger partial charge in [-0.15, -0.1) is 0 Å². The van der Waals surface area contributed by atoms with Gasteiger partial charge in [0.05, 0.1) is 12.8 Å². The number of nitrogen functional groups attached to an aromatic ring is 1. The summed E-state index contributed by atoms with van der Waals surface area (Å²) in [4.78, 5) is 12.3. The smallest absolute Gasteiger partial charge is 0.165 e. The molecule has 1 aromatic rings. The van der Waals surface area contributed by atoms with E-state index in [4.69, 9.17) is 10.5 Å². The first-order chi connectivity index (χ1) is 8.72. The second-order valence-electron chi connectivity index (χ2n) is 5.05. The summed E-state index contributed by atoms with van der Waals surface area (Å²) in [5.41, 5.74) is 7.04. The van der Waals surface area contributed by atoms with Gasteiger partial charge >= 0.3 is 0 Å². The Hall–Kier alpha value is -1.51. The monoisotopic (exact) mass is 247 g/mol. The van der Waals surface area contributed by atoms with Crippen molar-refractivity contribution in [2.24, 2.45) is 5.92 Å². The Morgan fingerprint density at radius 1 is 1.33 bits per heavy atom. The Morgan fingerprint density at radius 3 is 2.72 bits per heavy atom. The summed E-state index contributed by atoms with van der Waals surface area (Å²) in [6.45, 7) is 0. The molecule has 0 radical (unpaired) electrons. The summed E-state index contributed by atoms with van der Waals surface area (Å²) in [7, 11) is 1.57. The Balaban J connectivity index is 2.08. The van der Waals surface area contributed by atoms with Gasteiger partial charge in [-0.3, -0.25) is 4.79 Å². The van der Waals surface area contributed by atoms with Crippen LogP contribution in [0.5, 0.6) is 5.75 Å². The molecule has 0 heterocycles. The van der Waals surface area contributed by atoms with Gasteiger partial charge in [-0.2, -0.15) is 0 Å². The second kappa shape index (κ2) is 5.89. The van der Waals surface area contributed by atoms with Crippen LogP contribution in [0.25, 0.3) is 0 Å². The molecule has 0 amide bonds. The molecule has 0 bridgehead atoms. The van der Waals surface area contributed by atoms with Crippen LogP contribution in [-0.4, -0.2) is 12.9 Å². The van der Waals surface area contributed by atoms with E-state index in [9.17, 15) is 4.79 Å². The predicted molar refractivity (Wildman–Crippen MR) is 72.9 cm³/mol. The van der Waals surface area contributed by atoms with Gasteiger partial charge in [0.2, 0.25) is 0 Å². The number of rotatable bonds is 4. The molecule has 0 spiro atoms. The molecule has 1 saturated carbocycles. The minimum absolute atomic E-state index is 0.151. The van der Waals surface area contributed by atoms with Crippen molar-refractivity contribution < 1.29 is 9.53 Å². The van der Waals surface area contributed by atoms with E-state index in [0.29, 0.717) is 29.3 Å². The number of benzene rings is 1. The highest BCUT2D eigenvalue weighted by Crippen LogP contribution is 2.30. The molecule has 3 nitrogen and oxygen atoms in total. The van der Waals surface area contributed by atoms with Crippen molar-refractivity contribution in [3.63, 3.8) is 0 Å². The van der Waals surface area contributed by atoms with E-state index < -0.39 is 0 Å². The number of para-hydroxylation sites is 1. The lowest BCUT2D eigenvalue weighted by Gasteiger charge is -2.21. The molecule has 2 N–H and O–H groups in total. The normalized spacial score (nSPS) is 16.5. The highest BCUT2D eigenvalue weighted by molar-refractivity contribution is 6.02. The Kier molecular flexibility index (Phi) is 4.24. The lowest BCUT2D eigenvalue weighted by Crippen LogP contribution is -2.13. The number of methoxy groups -OCH3 is 1. The van der Waals surface area contributed by atoms with Crippen LogP contribution >= 0.6 is 0 Å². The Labute approximate surface area is 108 Å². The Bertz CT molecular complexity index is 423. The van der Waals surface area contributed by atoms with Crippen molar-refractivity contribution in [2.45, 2.75) is 38.5 Å².